The van der Waals surface area contributed by atoms with Gasteiger partial charge in [-0.1, -0.05) is 35.4 Å². The lowest BCUT2D eigenvalue weighted by molar-refractivity contribution is -0.131. The summed E-state index contributed by atoms with van der Waals surface area (Å²) in [5.74, 6) is -0.0187. The molecule has 9 heteroatoms. The summed E-state index contributed by atoms with van der Waals surface area (Å²) in [6.07, 6.45) is 1.65. The molecular weight excluding hydrogens is 412 g/mol. The van der Waals surface area contributed by atoms with Gasteiger partial charge in [-0.3, -0.25) is 9.69 Å². The van der Waals surface area contributed by atoms with Gasteiger partial charge in [0.15, 0.2) is 0 Å². The minimum absolute atomic E-state index is 0.0187. The number of likely N-dealkylation sites (N-methyl/N-ethyl adjacent to an activating group) is 1. The molecule has 1 aliphatic rings. The highest BCUT2D eigenvalue weighted by Crippen LogP contribution is 2.18. The van der Waals surface area contributed by atoms with Gasteiger partial charge in [0.2, 0.25) is 15.9 Å². The van der Waals surface area contributed by atoms with Crippen molar-refractivity contribution < 1.29 is 13.2 Å². The van der Waals surface area contributed by atoms with Gasteiger partial charge >= 0.3 is 0 Å². The quantitative estimate of drug-likeness (QED) is 0.647. The molecule has 1 aromatic heterocycles. The predicted octanol–water partition coefficient (Wildman–Crippen LogP) is 2.01. The third-order valence-corrected chi connectivity index (χ3v) is 7.12. The van der Waals surface area contributed by atoms with Gasteiger partial charge < -0.3 is 4.90 Å². The van der Waals surface area contributed by atoms with Crippen LogP contribution in [0.25, 0.3) is 0 Å². The SMILES string of the molecule is Cc1ccc(S(=O)(=O)N2CCN(CC(=O)N(C)Cc3ccc(Cl)nc3)CC2)cc1. The number of amides is 1. The molecule has 0 N–H and O–H groups in total. The third-order valence-electron chi connectivity index (χ3n) is 4.98. The Hall–Kier alpha value is -2.00. The lowest BCUT2D eigenvalue weighted by atomic mass is 10.2. The first-order valence-corrected chi connectivity index (χ1v) is 11.2. The molecule has 1 saturated heterocycles. The number of nitrogens with zero attached hydrogens (tertiary/aromatic N) is 4. The molecule has 0 bridgehead atoms. The monoisotopic (exact) mass is 436 g/mol. The molecule has 0 spiro atoms. The molecule has 1 fully saturated rings. The fourth-order valence-electron chi connectivity index (χ4n) is 3.16. The molecule has 0 atom stereocenters. The number of halogens is 1. The Morgan fingerprint density at radius 3 is 2.34 bits per heavy atom. The van der Waals surface area contributed by atoms with Crippen molar-refractivity contribution in [3.05, 3.63) is 58.9 Å². The highest BCUT2D eigenvalue weighted by Gasteiger charge is 2.29. The van der Waals surface area contributed by atoms with Gasteiger partial charge in [0.05, 0.1) is 11.4 Å². The zero-order chi connectivity index (χ0) is 21.0. The van der Waals surface area contributed by atoms with Gasteiger partial charge in [0, 0.05) is 46.0 Å². The number of piperazine rings is 1. The Balaban J connectivity index is 1.51. The Morgan fingerprint density at radius 2 is 1.76 bits per heavy atom. The number of rotatable bonds is 6. The fourth-order valence-corrected chi connectivity index (χ4v) is 4.70. The van der Waals surface area contributed by atoms with Crippen molar-refractivity contribution in [2.24, 2.45) is 0 Å². The Bertz CT molecular complexity index is 941. The molecule has 0 aliphatic carbocycles. The fraction of sp³-hybridized carbons (Fsp3) is 0.400. The van der Waals surface area contributed by atoms with Crippen LogP contribution < -0.4 is 0 Å². The van der Waals surface area contributed by atoms with Crippen molar-refractivity contribution in [1.29, 1.82) is 0 Å². The van der Waals surface area contributed by atoms with E-state index in [-0.39, 0.29) is 12.5 Å². The van der Waals surface area contributed by atoms with Crippen molar-refractivity contribution in [3.63, 3.8) is 0 Å². The second kappa shape index (κ2) is 9.21. The first-order valence-electron chi connectivity index (χ1n) is 9.39. The average Bonchev–Trinajstić information content (AvgIpc) is 2.70. The van der Waals surface area contributed by atoms with Crippen molar-refractivity contribution in [2.45, 2.75) is 18.4 Å². The molecule has 29 heavy (non-hydrogen) atoms. The number of carbonyl (C=O) groups is 1. The molecule has 1 aliphatic heterocycles. The summed E-state index contributed by atoms with van der Waals surface area (Å²) in [6.45, 7) is 4.41. The summed E-state index contributed by atoms with van der Waals surface area (Å²) in [5.41, 5.74) is 1.92. The van der Waals surface area contributed by atoms with Crippen LogP contribution in [0.15, 0.2) is 47.5 Å². The van der Waals surface area contributed by atoms with Gasteiger partial charge in [-0.05, 0) is 30.7 Å². The van der Waals surface area contributed by atoms with E-state index in [4.69, 9.17) is 11.6 Å². The zero-order valence-corrected chi connectivity index (χ0v) is 18.2. The molecule has 1 aromatic carbocycles. The average molecular weight is 437 g/mol. The summed E-state index contributed by atoms with van der Waals surface area (Å²) < 4.78 is 27.0. The Kier molecular flexibility index (Phi) is 6.89. The maximum absolute atomic E-state index is 12.8. The van der Waals surface area contributed by atoms with Gasteiger partial charge in [-0.25, -0.2) is 13.4 Å². The summed E-state index contributed by atoms with van der Waals surface area (Å²) in [5, 5.41) is 0.418. The lowest BCUT2D eigenvalue weighted by Gasteiger charge is -2.34. The van der Waals surface area contributed by atoms with E-state index in [9.17, 15) is 13.2 Å². The minimum atomic E-state index is -3.50. The minimum Gasteiger partial charge on any atom is -0.340 e. The smallest absolute Gasteiger partial charge is 0.243 e. The molecular formula is C20H25ClN4O3S. The number of benzene rings is 1. The summed E-state index contributed by atoms with van der Waals surface area (Å²) in [7, 11) is -1.75. The van der Waals surface area contributed by atoms with Crippen LogP contribution in [0.2, 0.25) is 5.15 Å². The maximum atomic E-state index is 12.8. The van der Waals surface area contributed by atoms with E-state index in [1.807, 2.05) is 17.9 Å². The molecule has 0 unspecified atom stereocenters. The summed E-state index contributed by atoms with van der Waals surface area (Å²) in [6, 6.07) is 10.4. The van der Waals surface area contributed by atoms with Crippen LogP contribution in [0.4, 0.5) is 0 Å². The third kappa shape index (κ3) is 5.54. The van der Waals surface area contributed by atoms with E-state index in [1.54, 1.807) is 48.5 Å². The molecule has 1 amide bonds. The Labute approximate surface area is 176 Å². The van der Waals surface area contributed by atoms with Crippen LogP contribution in [0.3, 0.4) is 0 Å². The van der Waals surface area contributed by atoms with E-state index in [2.05, 4.69) is 4.98 Å². The Morgan fingerprint density at radius 1 is 1.10 bits per heavy atom. The van der Waals surface area contributed by atoms with Crippen molar-refractivity contribution in [1.82, 2.24) is 19.1 Å². The number of aromatic nitrogens is 1. The van der Waals surface area contributed by atoms with E-state index in [0.29, 0.717) is 42.8 Å². The van der Waals surface area contributed by atoms with Crippen molar-refractivity contribution in [2.75, 3.05) is 39.8 Å². The second-order valence-corrected chi connectivity index (χ2v) is 9.56. The number of pyridine rings is 1. The molecule has 2 heterocycles. The van der Waals surface area contributed by atoms with Crippen LogP contribution in [0.5, 0.6) is 0 Å². The lowest BCUT2D eigenvalue weighted by Crippen LogP contribution is -2.51. The first-order chi connectivity index (χ1) is 13.8. The number of carbonyl (C=O) groups excluding carboxylic acids is 1. The zero-order valence-electron chi connectivity index (χ0n) is 16.6. The number of hydrogen-bond acceptors (Lipinski definition) is 5. The van der Waals surface area contributed by atoms with Gasteiger partial charge in [-0.15, -0.1) is 0 Å². The van der Waals surface area contributed by atoms with E-state index < -0.39 is 10.0 Å². The molecule has 2 aromatic rings. The van der Waals surface area contributed by atoms with Gasteiger partial charge in [-0.2, -0.15) is 4.31 Å². The molecule has 3 rings (SSSR count). The van der Waals surface area contributed by atoms with Gasteiger partial charge in [0.1, 0.15) is 5.15 Å². The summed E-state index contributed by atoms with van der Waals surface area (Å²) >= 11 is 5.78. The number of hydrogen-bond donors (Lipinski definition) is 0. The summed E-state index contributed by atoms with van der Waals surface area (Å²) in [4.78, 5) is 20.5. The van der Waals surface area contributed by atoms with Crippen molar-refractivity contribution >= 4 is 27.5 Å². The first kappa shape index (κ1) is 21.7. The largest absolute Gasteiger partial charge is 0.340 e. The molecule has 0 saturated carbocycles. The van der Waals surface area contributed by atoms with Crippen LogP contribution in [0, 0.1) is 6.92 Å². The standard InChI is InChI=1S/C20H25ClN4O3S/c1-16-3-6-18(7-4-16)29(27,28)25-11-9-24(10-12-25)15-20(26)23(2)14-17-5-8-19(21)22-13-17/h3-8,13H,9-12,14-15H2,1-2H3. The second-order valence-electron chi connectivity index (χ2n) is 7.23. The van der Waals surface area contributed by atoms with Crippen LogP contribution in [0.1, 0.15) is 11.1 Å². The molecule has 156 valence electrons. The number of sulfonamides is 1. The van der Waals surface area contributed by atoms with Crippen molar-refractivity contribution in [3.8, 4) is 0 Å². The topological polar surface area (TPSA) is 73.8 Å². The normalized spacial score (nSPS) is 16.0. The number of aryl methyl sites for hydroxylation is 1. The molecule has 0 radical (unpaired) electrons. The van der Waals surface area contributed by atoms with Crippen LogP contribution in [-0.4, -0.2) is 73.2 Å². The highest BCUT2D eigenvalue weighted by molar-refractivity contribution is 7.89. The van der Waals surface area contributed by atoms with E-state index in [0.717, 1.165) is 11.1 Å². The van der Waals surface area contributed by atoms with E-state index in [1.165, 1.54) is 4.31 Å². The highest BCUT2D eigenvalue weighted by atomic mass is 35.5. The molecule has 7 nitrogen and oxygen atoms in total. The maximum Gasteiger partial charge on any atom is 0.243 e. The predicted molar refractivity (Wildman–Crippen MR) is 112 cm³/mol. The van der Waals surface area contributed by atoms with E-state index >= 15 is 0 Å². The van der Waals surface area contributed by atoms with Crippen LogP contribution in [-0.2, 0) is 21.4 Å². The van der Waals surface area contributed by atoms with Gasteiger partial charge in [0.25, 0.3) is 0 Å². The van der Waals surface area contributed by atoms with Crippen LogP contribution >= 0.6 is 11.6 Å².